The molecular weight excluding hydrogens is 670 g/mol. The number of nitrogens with one attached hydrogen (secondary N) is 1. The Morgan fingerprint density at radius 1 is 0.881 bits per heavy atom. The molecule has 0 spiro atoms. The fourth-order valence-electron chi connectivity index (χ4n) is 6.42. The van der Waals surface area contributed by atoms with Gasteiger partial charge >= 0.3 is 262 Å². The summed E-state index contributed by atoms with van der Waals surface area (Å²) in [6.45, 7) is 10.7. The summed E-state index contributed by atoms with van der Waals surface area (Å²) in [5, 5.41) is 7.95. The fraction of sp³-hybridized carbons (Fsp3) is 0.529. The third-order valence-electron chi connectivity index (χ3n) is 8.89. The molecule has 0 saturated carbocycles. The zero-order valence-corrected chi connectivity index (χ0v) is 30.3. The molecule has 0 bridgehead atoms. The first-order valence-electron chi connectivity index (χ1n) is 16.1. The van der Waals surface area contributed by atoms with Crippen LogP contribution in [-0.4, -0.2) is 52.2 Å². The summed E-state index contributed by atoms with van der Waals surface area (Å²) >= 11 is 10.4. The van der Waals surface area contributed by atoms with Gasteiger partial charge in [0.05, 0.1) is 0 Å². The van der Waals surface area contributed by atoms with Crippen LogP contribution in [0.4, 0.5) is 0 Å². The van der Waals surface area contributed by atoms with E-state index in [0.717, 1.165) is 42.8 Å². The minimum absolute atomic E-state index is 0.176. The topological polar surface area (TPSA) is 50.2 Å². The molecule has 3 aromatic rings. The zero-order chi connectivity index (χ0) is 30.1. The zero-order valence-electron chi connectivity index (χ0n) is 25.9. The quantitative estimate of drug-likeness (QED) is 0.169. The summed E-state index contributed by atoms with van der Waals surface area (Å²) in [4.78, 5) is 13.5. The average molecular weight is 718 g/mol. The molecule has 1 aliphatic rings. The molecule has 2 aromatic carbocycles. The standard InChI is InChI=1S/C22H21Cl2N4O.3C4H9.Sn/c1-15-20(22(29)26-27-12-6-3-7-13-27)25-28(19-11-10-17(23)14-18(19)24)21(15)16-8-4-2-5-9-16;3*1-3-4-2;/h4-5,8-11,14H,3,6-7,12-13H2,1H3,(H,26,29);3*1,3-4H2,2H3;. The molecule has 228 valence electrons. The van der Waals surface area contributed by atoms with Crippen molar-refractivity contribution >= 4 is 51.1 Å². The van der Waals surface area contributed by atoms with Gasteiger partial charge in [-0.25, -0.2) is 0 Å². The SMILES string of the molecule is CCC[CH2][Sn]([CH2]CCC)([CH2]CCC)[c]1ccc(-c2c(C)c(C(=O)NN3CCCCC3)nn2-c2ccc(Cl)cc2Cl)cc1. The van der Waals surface area contributed by atoms with E-state index < -0.39 is 18.4 Å². The van der Waals surface area contributed by atoms with Crippen molar-refractivity contribution in [2.24, 2.45) is 0 Å². The number of hydrogen-bond acceptors (Lipinski definition) is 3. The second-order valence-corrected chi connectivity index (χ2v) is 26.1. The van der Waals surface area contributed by atoms with Crippen LogP contribution in [0.25, 0.3) is 16.9 Å². The molecule has 8 heteroatoms. The molecular formula is C34H48Cl2N4OSn. The fourth-order valence-corrected chi connectivity index (χ4v) is 22.8. The van der Waals surface area contributed by atoms with Gasteiger partial charge in [0.1, 0.15) is 0 Å². The van der Waals surface area contributed by atoms with Gasteiger partial charge in [-0.3, -0.25) is 0 Å². The van der Waals surface area contributed by atoms with E-state index in [2.05, 4.69) is 50.5 Å². The molecule has 0 aliphatic carbocycles. The maximum atomic E-state index is 13.5. The van der Waals surface area contributed by atoms with E-state index in [4.69, 9.17) is 28.3 Å². The van der Waals surface area contributed by atoms with Gasteiger partial charge in [0.15, 0.2) is 0 Å². The molecule has 0 radical (unpaired) electrons. The first kappa shape index (κ1) is 33.4. The molecule has 0 unspecified atom stereocenters. The van der Waals surface area contributed by atoms with Crippen LogP contribution < -0.4 is 9.01 Å². The number of amides is 1. The van der Waals surface area contributed by atoms with E-state index in [1.54, 1.807) is 9.65 Å². The van der Waals surface area contributed by atoms with Gasteiger partial charge in [-0.05, 0) is 0 Å². The predicted octanol–water partition coefficient (Wildman–Crippen LogP) is 9.34. The number of nitrogens with zero attached hydrogens (tertiary/aromatic N) is 3. The summed E-state index contributed by atoms with van der Waals surface area (Å²) in [6, 6.07) is 14.8. The Morgan fingerprint density at radius 2 is 1.48 bits per heavy atom. The van der Waals surface area contributed by atoms with Gasteiger partial charge in [-0.1, -0.05) is 6.42 Å². The molecule has 4 rings (SSSR count). The van der Waals surface area contributed by atoms with Gasteiger partial charge < -0.3 is 0 Å². The molecule has 1 saturated heterocycles. The van der Waals surface area contributed by atoms with Gasteiger partial charge in [0, 0.05) is 0 Å². The van der Waals surface area contributed by atoms with E-state index in [1.807, 2.05) is 28.7 Å². The van der Waals surface area contributed by atoms with Gasteiger partial charge in [-0.2, -0.15) is 0 Å². The van der Waals surface area contributed by atoms with Crippen LogP contribution in [0.15, 0.2) is 42.5 Å². The molecule has 5 nitrogen and oxygen atoms in total. The van der Waals surface area contributed by atoms with Crippen molar-refractivity contribution in [1.82, 2.24) is 20.2 Å². The predicted molar refractivity (Wildman–Crippen MR) is 181 cm³/mol. The average Bonchev–Trinajstić information content (AvgIpc) is 3.34. The van der Waals surface area contributed by atoms with Crippen LogP contribution in [0.5, 0.6) is 0 Å². The van der Waals surface area contributed by atoms with Crippen molar-refractivity contribution in [1.29, 1.82) is 0 Å². The molecule has 1 aromatic heterocycles. The van der Waals surface area contributed by atoms with Crippen LogP contribution in [-0.2, 0) is 0 Å². The van der Waals surface area contributed by atoms with Crippen LogP contribution in [0.3, 0.4) is 0 Å². The number of piperidine rings is 1. The Balaban J connectivity index is 1.77. The number of carbonyl (C=O) groups is 1. The Labute approximate surface area is 267 Å². The van der Waals surface area contributed by atoms with Crippen LogP contribution in [0, 0.1) is 6.92 Å². The van der Waals surface area contributed by atoms with Gasteiger partial charge in [-0.15, -0.1) is 0 Å². The van der Waals surface area contributed by atoms with E-state index in [9.17, 15) is 4.79 Å². The van der Waals surface area contributed by atoms with Crippen molar-refractivity contribution in [2.45, 2.75) is 98.8 Å². The molecule has 2 heterocycles. The Kier molecular flexibility index (Phi) is 12.7. The molecule has 1 fully saturated rings. The van der Waals surface area contributed by atoms with Crippen LogP contribution in [0.2, 0.25) is 23.4 Å². The van der Waals surface area contributed by atoms with E-state index >= 15 is 0 Å². The Bertz CT molecular complexity index is 1300. The molecule has 0 atom stereocenters. The summed E-state index contributed by atoms with van der Waals surface area (Å²) in [7, 11) is 0. The number of hydrogen-bond donors (Lipinski definition) is 1. The van der Waals surface area contributed by atoms with Gasteiger partial charge in [0.2, 0.25) is 0 Å². The first-order valence-corrected chi connectivity index (χ1v) is 24.3. The number of carbonyl (C=O) groups excluding carboxylic acids is 1. The molecule has 42 heavy (non-hydrogen) atoms. The summed E-state index contributed by atoms with van der Waals surface area (Å²) in [5.41, 5.74) is 7.03. The van der Waals surface area contributed by atoms with Crippen LogP contribution in [0.1, 0.15) is 94.6 Å². The second-order valence-electron chi connectivity index (χ2n) is 12.0. The van der Waals surface area contributed by atoms with Crippen molar-refractivity contribution < 1.29 is 4.79 Å². The second kappa shape index (κ2) is 16.0. The Morgan fingerprint density at radius 3 is 2.02 bits per heavy atom. The number of unbranched alkanes of at least 4 members (excludes halogenated alkanes) is 3. The summed E-state index contributed by atoms with van der Waals surface area (Å²) in [5.74, 6) is -0.176. The number of benzene rings is 2. The van der Waals surface area contributed by atoms with Crippen molar-refractivity contribution in [2.75, 3.05) is 13.1 Å². The van der Waals surface area contributed by atoms with Crippen LogP contribution >= 0.6 is 23.2 Å². The molecule has 1 amide bonds. The summed E-state index contributed by atoms with van der Waals surface area (Å²) < 4.78 is 7.77. The normalized spacial score (nSPS) is 14.3. The van der Waals surface area contributed by atoms with E-state index in [0.29, 0.717) is 21.4 Å². The van der Waals surface area contributed by atoms with Crippen molar-refractivity contribution in [3.63, 3.8) is 0 Å². The van der Waals surface area contributed by atoms with Gasteiger partial charge in [0.25, 0.3) is 0 Å². The first-order chi connectivity index (χ1) is 20.3. The maximum absolute atomic E-state index is 13.5. The number of aromatic nitrogens is 2. The number of rotatable bonds is 14. The third-order valence-corrected chi connectivity index (χ3v) is 25.1. The number of halogens is 2. The summed E-state index contributed by atoms with van der Waals surface area (Å²) in [6.07, 6.45) is 11.2. The molecule has 1 aliphatic heterocycles. The molecule has 1 N–H and O–H groups in total. The van der Waals surface area contributed by atoms with Crippen molar-refractivity contribution in [3.8, 4) is 16.9 Å². The minimum atomic E-state index is -2.57. The Hall–Kier alpha value is -1.54. The number of hydrazine groups is 1. The third kappa shape index (κ3) is 7.94. The monoisotopic (exact) mass is 718 g/mol. The van der Waals surface area contributed by atoms with E-state index in [1.165, 1.54) is 58.3 Å². The van der Waals surface area contributed by atoms with Crippen molar-refractivity contribution in [3.05, 3.63) is 63.8 Å². The van der Waals surface area contributed by atoms with E-state index in [-0.39, 0.29) is 5.91 Å².